The number of aliphatic hydroxyl groups is 1. The molecule has 20 heavy (non-hydrogen) atoms. The average molecular weight is 277 g/mol. The molecule has 1 N–H and O–H groups in total. The third-order valence-electron chi connectivity index (χ3n) is 3.75. The molecule has 0 saturated heterocycles. The standard InChI is InChI=1S/C15H16FNO3/c1-3-15(2,12(18)8-16)9-17-13(19)10-6-4-5-7-11(10)14(17)20/h3-7,12,18H,1,8-9H2,2H3/t12-,15-/m1/s1. The van der Waals surface area contributed by atoms with E-state index >= 15 is 0 Å². The van der Waals surface area contributed by atoms with Crippen LogP contribution >= 0.6 is 0 Å². The minimum Gasteiger partial charge on any atom is -0.389 e. The number of carbonyl (C=O) groups is 2. The molecule has 0 radical (unpaired) electrons. The first-order valence-electron chi connectivity index (χ1n) is 6.27. The van der Waals surface area contributed by atoms with Gasteiger partial charge in [0.15, 0.2) is 0 Å². The van der Waals surface area contributed by atoms with E-state index in [2.05, 4.69) is 6.58 Å². The van der Waals surface area contributed by atoms with Crippen LogP contribution < -0.4 is 0 Å². The molecule has 0 unspecified atom stereocenters. The Labute approximate surface area is 116 Å². The minimum atomic E-state index is -1.32. The predicted octanol–water partition coefficient (Wildman–Crippen LogP) is 1.81. The van der Waals surface area contributed by atoms with E-state index in [0.29, 0.717) is 11.1 Å². The van der Waals surface area contributed by atoms with Gasteiger partial charge in [-0.15, -0.1) is 6.58 Å². The third kappa shape index (κ3) is 2.14. The monoisotopic (exact) mass is 277 g/mol. The number of imide groups is 1. The number of halogens is 1. The van der Waals surface area contributed by atoms with Crippen molar-refractivity contribution < 1.29 is 19.1 Å². The number of carbonyl (C=O) groups excluding carboxylic acids is 2. The first-order chi connectivity index (χ1) is 9.44. The largest absolute Gasteiger partial charge is 0.389 e. The van der Waals surface area contributed by atoms with Gasteiger partial charge in [0.25, 0.3) is 11.8 Å². The molecular weight excluding hydrogens is 261 g/mol. The van der Waals surface area contributed by atoms with Gasteiger partial charge in [-0.1, -0.05) is 25.1 Å². The van der Waals surface area contributed by atoms with Crippen LogP contribution in [0.4, 0.5) is 4.39 Å². The van der Waals surface area contributed by atoms with Gasteiger partial charge >= 0.3 is 0 Å². The van der Waals surface area contributed by atoms with E-state index in [1.165, 1.54) is 6.08 Å². The fourth-order valence-electron chi connectivity index (χ4n) is 2.21. The highest BCUT2D eigenvalue weighted by atomic mass is 19.1. The van der Waals surface area contributed by atoms with Gasteiger partial charge in [-0.2, -0.15) is 0 Å². The van der Waals surface area contributed by atoms with E-state index in [-0.39, 0.29) is 6.54 Å². The van der Waals surface area contributed by atoms with Crippen LogP contribution in [0.5, 0.6) is 0 Å². The number of rotatable bonds is 5. The van der Waals surface area contributed by atoms with Gasteiger partial charge in [0.1, 0.15) is 6.67 Å². The molecule has 1 aromatic rings. The molecule has 0 bridgehead atoms. The number of hydrogen-bond donors (Lipinski definition) is 1. The quantitative estimate of drug-likeness (QED) is 0.659. The smallest absolute Gasteiger partial charge is 0.261 e. The number of fused-ring (bicyclic) bond motifs is 1. The Hall–Kier alpha value is -2.01. The maximum atomic E-state index is 12.7. The molecule has 0 aliphatic carbocycles. The molecule has 4 nitrogen and oxygen atoms in total. The van der Waals surface area contributed by atoms with Crippen LogP contribution in [0.1, 0.15) is 27.6 Å². The highest BCUT2D eigenvalue weighted by Gasteiger charge is 2.41. The van der Waals surface area contributed by atoms with E-state index in [9.17, 15) is 19.1 Å². The lowest BCUT2D eigenvalue weighted by atomic mass is 9.84. The van der Waals surface area contributed by atoms with Crippen molar-refractivity contribution in [2.75, 3.05) is 13.2 Å². The zero-order valence-electron chi connectivity index (χ0n) is 11.2. The van der Waals surface area contributed by atoms with Crippen LogP contribution in [-0.4, -0.2) is 41.1 Å². The lowest BCUT2D eigenvalue weighted by molar-refractivity contribution is 0.0235. The van der Waals surface area contributed by atoms with E-state index in [0.717, 1.165) is 4.90 Å². The second kappa shape index (κ2) is 5.17. The van der Waals surface area contributed by atoms with Crippen molar-refractivity contribution in [2.24, 2.45) is 5.41 Å². The molecule has 0 spiro atoms. The zero-order valence-corrected chi connectivity index (χ0v) is 11.2. The maximum absolute atomic E-state index is 12.7. The number of hydrogen-bond acceptors (Lipinski definition) is 3. The summed E-state index contributed by atoms with van der Waals surface area (Å²) < 4.78 is 12.7. The van der Waals surface area contributed by atoms with Crippen molar-refractivity contribution in [3.05, 3.63) is 48.0 Å². The van der Waals surface area contributed by atoms with Gasteiger partial charge in [0, 0.05) is 12.0 Å². The van der Waals surface area contributed by atoms with Crippen LogP contribution in [0.2, 0.25) is 0 Å². The highest BCUT2D eigenvalue weighted by Crippen LogP contribution is 2.30. The Bertz CT molecular complexity index is 537. The SMILES string of the molecule is C=C[C@](C)(CN1C(=O)c2ccccc2C1=O)[C@H](O)CF. The molecule has 5 heteroatoms. The van der Waals surface area contributed by atoms with Crippen molar-refractivity contribution in [1.82, 2.24) is 4.90 Å². The van der Waals surface area contributed by atoms with Gasteiger partial charge in [0.2, 0.25) is 0 Å². The summed E-state index contributed by atoms with van der Waals surface area (Å²) in [6.45, 7) is 4.06. The molecule has 0 saturated carbocycles. The molecule has 106 valence electrons. The summed E-state index contributed by atoms with van der Waals surface area (Å²) in [5.74, 6) is -0.852. The van der Waals surface area contributed by atoms with Crippen LogP contribution in [0.3, 0.4) is 0 Å². The molecule has 1 aliphatic rings. The second-order valence-corrected chi connectivity index (χ2v) is 5.12. The minimum absolute atomic E-state index is 0.103. The Morgan fingerprint density at radius 2 is 1.85 bits per heavy atom. The summed E-state index contributed by atoms with van der Waals surface area (Å²) in [6.07, 6.45) is 0.0603. The fraction of sp³-hybridized carbons (Fsp3) is 0.333. The number of benzene rings is 1. The van der Waals surface area contributed by atoms with Gasteiger partial charge in [0.05, 0.1) is 17.2 Å². The van der Waals surface area contributed by atoms with Crippen molar-refractivity contribution in [1.29, 1.82) is 0 Å². The van der Waals surface area contributed by atoms with Gasteiger partial charge < -0.3 is 5.11 Å². The summed E-state index contributed by atoms with van der Waals surface area (Å²) in [7, 11) is 0. The summed E-state index contributed by atoms with van der Waals surface area (Å²) in [4.78, 5) is 25.4. The molecule has 2 rings (SSSR count). The van der Waals surface area contributed by atoms with Crippen molar-refractivity contribution in [2.45, 2.75) is 13.0 Å². The second-order valence-electron chi connectivity index (χ2n) is 5.12. The van der Waals surface area contributed by atoms with Crippen LogP contribution in [0, 0.1) is 5.41 Å². The van der Waals surface area contributed by atoms with E-state index < -0.39 is 30.0 Å². The molecule has 0 aromatic heterocycles. The molecule has 2 atom stereocenters. The Balaban J connectivity index is 2.31. The van der Waals surface area contributed by atoms with Crippen molar-refractivity contribution in [3.63, 3.8) is 0 Å². The van der Waals surface area contributed by atoms with Crippen LogP contribution in [0.25, 0.3) is 0 Å². The number of nitrogens with zero attached hydrogens (tertiary/aromatic N) is 1. The number of aliphatic hydroxyl groups excluding tert-OH is 1. The number of alkyl halides is 1. The first kappa shape index (κ1) is 14.4. The van der Waals surface area contributed by atoms with Crippen molar-refractivity contribution in [3.8, 4) is 0 Å². The maximum Gasteiger partial charge on any atom is 0.261 e. The molecule has 1 aliphatic heterocycles. The Morgan fingerprint density at radius 1 is 1.35 bits per heavy atom. The normalized spacial score (nSPS) is 18.6. The Kier molecular flexibility index (Phi) is 3.72. The molecule has 1 aromatic carbocycles. The molecular formula is C15H16FNO3. The summed E-state index contributed by atoms with van der Waals surface area (Å²) in [5, 5.41) is 9.73. The van der Waals surface area contributed by atoms with E-state index in [1.807, 2.05) is 0 Å². The lowest BCUT2D eigenvalue weighted by Crippen LogP contribution is -2.45. The molecule has 2 amide bonds. The van der Waals surface area contributed by atoms with Crippen molar-refractivity contribution >= 4 is 11.8 Å². The van der Waals surface area contributed by atoms with Crippen LogP contribution in [0.15, 0.2) is 36.9 Å². The summed E-state index contributed by atoms with van der Waals surface area (Å²) in [6, 6.07) is 6.51. The molecule has 1 heterocycles. The van der Waals surface area contributed by atoms with Gasteiger partial charge in [-0.05, 0) is 12.1 Å². The Morgan fingerprint density at radius 3 is 2.25 bits per heavy atom. The topological polar surface area (TPSA) is 57.6 Å². The summed E-state index contributed by atoms with van der Waals surface area (Å²) >= 11 is 0. The molecule has 0 fully saturated rings. The van der Waals surface area contributed by atoms with Gasteiger partial charge in [-0.3, -0.25) is 14.5 Å². The van der Waals surface area contributed by atoms with E-state index in [1.54, 1.807) is 31.2 Å². The van der Waals surface area contributed by atoms with Crippen LogP contribution in [-0.2, 0) is 0 Å². The lowest BCUT2D eigenvalue weighted by Gasteiger charge is -2.33. The number of amides is 2. The summed E-state index contributed by atoms with van der Waals surface area (Å²) in [5.41, 5.74) is -0.417. The average Bonchev–Trinajstić information content (AvgIpc) is 2.71. The fourth-order valence-corrected chi connectivity index (χ4v) is 2.21. The highest BCUT2D eigenvalue weighted by molar-refractivity contribution is 6.21. The predicted molar refractivity (Wildman–Crippen MR) is 72.1 cm³/mol. The first-order valence-corrected chi connectivity index (χ1v) is 6.27. The third-order valence-corrected chi connectivity index (χ3v) is 3.75. The zero-order chi connectivity index (χ0) is 14.9. The van der Waals surface area contributed by atoms with E-state index in [4.69, 9.17) is 0 Å². The van der Waals surface area contributed by atoms with Gasteiger partial charge in [-0.25, -0.2) is 4.39 Å².